The van der Waals surface area contributed by atoms with Gasteiger partial charge in [0.2, 0.25) is 0 Å². The number of carbonyl (C=O) groups excluding carboxylic acids is 2. The van der Waals surface area contributed by atoms with Crippen LogP contribution in [0.1, 0.15) is 31.8 Å². The summed E-state index contributed by atoms with van der Waals surface area (Å²) >= 11 is 0. The van der Waals surface area contributed by atoms with Gasteiger partial charge in [0.1, 0.15) is 0 Å². The summed E-state index contributed by atoms with van der Waals surface area (Å²) in [6, 6.07) is 12.5. The molecule has 0 heterocycles. The molecule has 0 atom stereocenters. The van der Waals surface area contributed by atoms with Crippen LogP contribution in [0.5, 0.6) is 0 Å². The molecule has 0 unspecified atom stereocenters. The summed E-state index contributed by atoms with van der Waals surface area (Å²) in [5.41, 5.74) is 3.89. The number of aryl methyl sites for hydroxylation is 2. The second-order valence-corrected chi connectivity index (χ2v) is 5.60. The molecule has 2 amide bonds. The van der Waals surface area contributed by atoms with Crippen LogP contribution in [0.15, 0.2) is 42.5 Å². The third kappa shape index (κ3) is 4.67. The Kier molecular flexibility index (Phi) is 6.09. The molecule has 0 fully saturated rings. The third-order valence-corrected chi connectivity index (χ3v) is 3.64. The van der Waals surface area contributed by atoms with E-state index in [1.807, 2.05) is 32.0 Å². The van der Waals surface area contributed by atoms with Gasteiger partial charge in [-0.2, -0.15) is 0 Å². The standard InChI is InChI=1S/C19H22N2O3/c1-13-4-5-14(2)17(12-13)21-19(23)16-8-6-15(7-9-16)18(22)20-10-11-24-3/h4-9,12H,10-11H2,1-3H3,(H,20,22)(H,21,23). The van der Waals surface area contributed by atoms with E-state index in [1.165, 1.54) is 0 Å². The van der Waals surface area contributed by atoms with Crippen LogP contribution in [-0.2, 0) is 4.74 Å². The molecular formula is C19H22N2O3. The van der Waals surface area contributed by atoms with Crippen LogP contribution in [0.2, 0.25) is 0 Å². The molecule has 5 nitrogen and oxygen atoms in total. The molecule has 0 aliphatic heterocycles. The highest BCUT2D eigenvalue weighted by atomic mass is 16.5. The van der Waals surface area contributed by atoms with E-state index in [0.717, 1.165) is 16.8 Å². The van der Waals surface area contributed by atoms with E-state index in [4.69, 9.17) is 4.74 Å². The molecule has 0 spiro atoms. The number of hydrogen-bond donors (Lipinski definition) is 2. The molecule has 0 aromatic heterocycles. The van der Waals surface area contributed by atoms with E-state index in [9.17, 15) is 9.59 Å². The lowest BCUT2D eigenvalue weighted by atomic mass is 10.1. The Morgan fingerprint density at radius 2 is 1.58 bits per heavy atom. The predicted molar refractivity (Wildman–Crippen MR) is 94.5 cm³/mol. The maximum Gasteiger partial charge on any atom is 0.255 e. The Balaban J connectivity index is 2.03. The van der Waals surface area contributed by atoms with Gasteiger partial charge in [0.15, 0.2) is 0 Å². The molecule has 126 valence electrons. The first-order valence-electron chi connectivity index (χ1n) is 7.77. The monoisotopic (exact) mass is 326 g/mol. The van der Waals surface area contributed by atoms with E-state index in [-0.39, 0.29) is 11.8 Å². The Morgan fingerprint density at radius 1 is 0.958 bits per heavy atom. The fourth-order valence-electron chi connectivity index (χ4n) is 2.21. The summed E-state index contributed by atoms with van der Waals surface area (Å²) in [6.07, 6.45) is 0. The smallest absolute Gasteiger partial charge is 0.255 e. The normalized spacial score (nSPS) is 10.3. The third-order valence-electron chi connectivity index (χ3n) is 3.64. The van der Waals surface area contributed by atoms with Crippen molar-refractivity contribution in [1.82, 2.24) is 5.32 Å². The lowest BCUT2D eigenvalue weighted by Crippen LogP contribution is -2.27. The zero-order valence-electron chi connectivity index (χ0n) is 14.2. The number of amides is 2. The highest BCUT2D eigenvalue weighted by Gasteiger charge is 2.10. The first-order chi connectivity index (χ1) is 11.5. The summed E-state index contributed by atoms with van der Waals surface area (Å²) in [5, 5.41) is 5.64. The fourth-order valence-corrected chi connectivity index (χ4v) is 2.21. The molecule has 2 rings (SSSR count). The van der Waals surface area contributed by atoms with Gasteiger partial charge < -0.3 is 15.4 Å². The molecule has 0 aliphatic carbocycles. The van der Waals surface area contributed by atoms with Crippen molar-refractivity contribution in [2.45, 2.75) is 13.8 Å². The van der Waals surface area contributed by atoms with Crippen molar-refractivity contribution in [2.24, 2.45) is 0 Å². The Hall–Kier alpha value is -2.66. The molecule has 2 aromatic carbocycles. The molecule has 0 radical (unpaired) electrons. The number of carbonyl (C=O) groups is 2. The first-order valence-corrected chi connectivity index (χ1v) is 7.77. The SMILES string of the molecule is COCCNC(=O)c1ccc(C(=O)Nc2cc(C)ccc2C)cc1. The van der Waals surface area contributed by atoms with Crippen molar-refractivity contribution >= 4 is 17.5 Å². The van der Waals surface area contributed by atoms with Gasteiger partial charge in [0.05, 0.1) is 6.61 Å². The van der Waals surface area contributed by atoms with E-state index >= 15 is 0 Å². The van der Waals surface area contributed by atoms with Crippen LogP contribution >= 0.6 is 0 Å². The lowest BCUT2D eigenvalue weighted by molar-refractivity contribution is 0.0935. The first kappa shape index (κ1) is 17.7. The van der Waals surface area contributed by atoms with Crippen LogP contribution in [-0.4, -0.2) is 32.1 Å². The molecule has 2 aromatic rings. The average Bonchev–Trinajstić information content (AvgIpc) is 2.58. The molecule has 0 aliphatic rings. The van der Waals surface area contributed by atoms with Crippen molar-refractivity contribution < 1.29 is 14.3 Å². The number of nitrogens with one attached hydrogen (secondary N) is 2. The van der Waals surface area contributed by atoms with Crippen LogP contribution in [0.3, 0.4) is 0 Å². The van der Waals surface area contributed by atoms with Crippen molar-refractivity contribution in [1.29, 1.82) is 0 Å². The summed E-state index contributed by atoms with van der Waals surface area (Å²) in [5.74, 6) is -0.386. The highest BCUT2D eigenvalue weighted by Crippen LogP contribution is 2.17. The predicted octanol–water partition coefficient (Wildman–Crippen LogP) is 2.93. The topological polar surface area (TPSA) is 67.4 Å². The van der Waals surface area contributed by atoms with Crippen molar-refractivity contribution in [3.05, 3.63) is 64.7 Å². The van der Waals surface area contributed by atoms with Gasteiger partial charge in [-0.1, -0.05) is 12.1 Å². The van der Waals surface area contributed by atoms with Gasteiger partial charge >= 0.3 is 0 Å². The second-order valence-electron chi connectivity index (χ2n) is 5.60. The summed E-state index contributed by atoms with van der Waals surface area (Å²) in [7, 11) is 1.58. The van der Waals surface area contributed by atoms with Gasteiger partial charge in [0, 0.05) is 30.5 Å². The average molecular weight is 326 g/mol. The summed E-state index contributed by atoms with van der Waals surface area (Å²) in [6.45, 7) is 4.83. The molecule has 24 heavy (non-hydrogen) atoms. The number of rotatable bonds is 6. The molecule has 0 saturated heterocycles. The molecule has 0 saturated carbocycles. The quantitative estimate of drug-likeness (QED) is 0.802. The largest absolute Gasteiger partial charge is 0.383 e. The number of ether oxygens (including phenoxy) is 1. The maximum absolute atomic E-state index is 12.3. The molecule has 0 bridgehead atoms. The second kappa shape index (κ2) is 8.26. The van der Waals surface area contributed by atoms with E-state index in [1.54, 1.807) is 31.4 Å². The van der Waals surface area contributed by atoms with Gasteiger partial charge in [-0.15, -0.1) is 0 Å². The van der Waals surface area contributed by atoms with E-state index in [2.05, 4.69) is 10.6 Å². The van der Waals surface area contributed by atoms with Crippen LogP contribution in [0.4, 0.5) is 5.69 Å². The minimum Gasteiger partial charge on any atom is -0.383 e. The number of anilines is 1. The van der Waals surface area contributed by atoms with Gasteiger partial charge in [0.25, 0.3) is 11.8 Å². The summed E-state index contributed by atoms with van der Waals surface area (Å²) < 4.78 is 4.89. The lowest BCUT2D eigenvalue weighted by Gasteiger charge is -2.10. The van der Waals surface area contributed by atoms with E-state index in [0.29, 0.717) is 24.3 Å². The van der Waals surface area contributed by atoms with Crippen LogP contribution in [0.25, 0.3) is 0 Å². The Labute approximate surface area is 142 Å². The van der Waals surface area contributed by atoms with Gasteiger partial charge in [-0.25, -0.2) is 0 Å². The van der Waals surface area contributed by atoms with E-state index < -0.39 is 0 Å². The minimum absolute atomic E-state index is 0.187. The zero-order valence-corrected chi connectivity index (χ0v) is 14.2. The summed E-state index contributed by atoms with van der Waals surface area (Å²) in [4.78, 5) is 24.2. The maximum atomic E-state index is 12.3. The van der Waals surface area contributed by atoms with Gasteiger partial charge in [-0.3, -0.25) is 9.59 Å². The molecule has 5 heteroatoms. The van der Waals surface area contributed by atoms with Gasteiger partial charge in [-0.05, 0) is 55.3 Å². The number of hydrogen-bond acceptors (Lipinski definition) is 3. The van der Waals surface area contributed by atoms with Crippen molar-refractivity contribution in [3.8, 4) is 0 Å². The molecular weight excluding hydrogens is 304 g/mol. The number of benzene rings is 2. The number of methoxy groups -OCH3 is 1. The zero-order chi connectivity index (χ0) is 17.5. The van der Waals surface area contributed by atoms with Crippen molar-refractivity contribution in [2.75, 3.05) is 25.6 Å². The highest BCUT2D eigenvalue weighted by molar-refractivity contribution is 6.05. The molecule has 2 N–H and O–H groups in total. The van der Waals surface area contributed by atoms with Crippen molar-refractivity contribution in [3.63, 3.8) is 0 Å². The Bertz CT molecular complexity index is 724. The minimum atomic E-state index is -0.199. The Morgan fingerprint density at radius 3 is 2.21 bits per heavy atom. The van der Waals surface area contributed by atoms with Crippen LogP contribution in [0, 0.1) is 13.8 Å². The van der Waals surface area contributed by atoms with Crippen LogP contribution < -0.4 is 10.6 Å². The fraction of sp³-hybridized carbons (Fsp3) is 0.263.